The molecule has 10 aromatic rings. The number of aliphatic imine (C=N–C) groups is 5. The maximum atomic E-state index is 11.8. The van der Waals surface area contributed by atoms with Crippen LogP contribution in [0, 0.1) is 5.92 Å². The van der Waals surface area contributed by atoms with E-state index in [0.717, 1.165) is 95.0 Å². The van der Waals surface area contributed by atoms with Crippen molar-refractivity contribution in [1.29, 1.82) is 0 Å². The van der Waals surface area contributed by atoms with Gasteiger partial charge in [-0.25, -0.2) is 4.79 Å². The molecule has 5 heterocycles. The molecule has 2 saturated heterocycles. The lowest BCUT2D eigenvalue weighted by Crippen LogP contribution is -2.24. The summed E-state index contributed by atoms with van der Waals surface area (Å²) in [5, 5.41) is 5.17. The highest BCUT2D eigenvalue weighted by Gasteiger charge is 2.42. The number of fused-ring (bicyclic) bond motifs is 5. The Morgan fingerprint density at radius 2 is 1.18 bits per heavy atom. The third kappa shape index (κ3) is 22.0. The minimum absolute atomic E-state index is 0.112. The fourth-order valence-electron chi connectivity index (χ4n) is 14.8. The van der Waals surface area contributed by atoms with Crippen molar-refractivity contribution in [3.05, 3.63) is 329 Å². The van der Waals surface area contributed by atoms with E-state index in [2.05, 4.69) is 235 Å². The molecule has 2 unspecified atom stereocenters. The molecule has 0 amide bonds. The normalized spacial score (nSPS) is 17.8. The smallest absolute Gasteiger partial charge is 0.338 e. The van der Waals surface area contributed by atoms with Crippen molar-refractivity contribution in [2.75, 3.05) is 104 Å². The van der Waals surface area contributed by atoms with E-state index < -0.39 is 0 Å². The Kier molecular flexibility index (Phi) is 30.3. The summed E-state index contributed by atoms with van der Waals surface area (Å²) in [7, 11) is 8.11. The first-order valence-electron chi connectivity index (χ1n) is 39.8. The third-order valence-electron chi connectivity index (χ3n) is 20.9. The first-order valence-corrected chi connectivity index (χ1v) is 41.8. The van der Waals surface area contributed by atoms with Gasteiger partial charge in [0.25, 0.3) is 0 Å². The number of benzene rings is 10. The average Bonchev–Trinajstić information content (AvgIpc) is 1.56. The summed E-state index contributed by atoms with van der Waals surface area (Å²) < 4.78 is 16.7. The van der Waals surface area contributed by atoms with Crippen molar-refractivity contribution in [2.45, 2.75) is 65.0 Å². The minimum atomic E-state index is -0.330. The summed E-state index contributed by atoms with van der Waals surface area (Å²) in [6, 6.07) is 86.8. The van der Waals surface area contributed by atoms with Gasteiger partial charge in [-0.3, -0.25) is 25.0 Å². The Bertz CT molecular complexity index is 5220. The lowest BCUT2D eigenvalue weighted by Gasteiger charge is -2.27. The molecule has 0 N–H and O–H groups in total. The fraction of sp³-hybridized carbons (Fsp3) is 0.235. The number of ether oxygens (including phenoxy) is 3. The number of hydrogen-bond acceptors (Lipinski definition) is 19. The van der Waals surface area contributed by atoms with Gasteiger partial charge in [-0.05, 0) is 181 Å². The van der Waals surface area contributed by atoms with E-state index in [1.54, 1.807) is 37.6 Å². The van der Waals surface area contributed by atoms with Crippen LogP contribution in [0.15, 0.2) is 338 Å². The largest absolute Gasteiger partial charge is 0.492 e. The third-order valence-corrected chi connectivity index (χ3v) is 23.1. The molecular weight excluding hydrogens is 1490 g/mol. The first-order chi connectivity index (χ1) is 57.3. The topological polar surface area (TPSA) is 146 Å². The Hall–Kier alpha value is -12.5. The van der Waals surface area contributed by atoms with E-state index in [9.17, 15) is 4.79 Å². The van der Waals surface area contributed by atoms with Gasteiger partial charge >= 0.3 is 5.97 Å². The number of carbonyl (C=O) groups is 2. The van der Waals surface area contributed by atoms with E-state index in [1.807, 2.05) is 184 Å². The van der Waals surface area contributed by atoms with Crippen molar-refractivity contribution in [3.8, 4) is 11.5 Å². The number of rotatable bonds is 21. The van der Waals surface area contributed by atoms with E-state index in [1.165, 1.54) is 68.3 Å². The second-order valence-corrected chi connectivity index (χ2v) is 31.1. The predicted molar refractivity (Wildman–Crippen MR) is 494 cm³/mol. The molecule has 1 saturated carbocycles. The van der Waals surface area contributed by atoms with Crippen molar-refractivity contribution >= 4 is 129 Å². The highest BCUT2D eigenvalue weighted by molar-refractivity contribution is 8.03. The molecule has 5 aliphatic heterocycles. The van der Waals surface area contributed by atoms with Gasteiger partial charge in [0.15, 0.2) is 5.75 Å². The summed E-state index contributed by atoms with van der Waals surface area (Å²) in [5.74, 6) is 6.19. The van der Waals surface area contributed by atoms with E-state index in [0.29, 0.717) is 43.1 Å². The van der Waals surface area contributed by atoms with Crippen LogP contribution < -0.4 is 34.0 Å². The molecule has 3 fully saturated rings. The lowest BCUT2D eigenvalue weighted by atomic mass is 9.81. The number of allylic oxidation sites excluding steroid dienone is 6. The Labute approximate surface area is 698 Å². The molecule has 2 atom stereocenters. The molecule has 598 valence electrons. The van der Waals surface area contributed by atoms with Gasteiger partial charge in [0.05, 0.1) is 68.9 Å². The molecule has 0 spiro atoms. The summed E-state index contributed by atoms with van der Waals surface area (Å²) in [6.45, 7) is 16.2. The summed E-state index contributed by atoms with van der Waals surface area (Å²) in [6.07, 6.45) is 23.5. The van der Waals surface area contributed by atoms with Crippen LogP contribution in [0.3, 0.4) is 0 Å². The summed E-state index contributed by atoms with van der Waals surface area (Å²) in [5.41, 5.74) is 14.2. The zero-order chi connectivity index (χ0) is 81.7. The van der Waals surface area contributed by atoms with Crippen LogP contribution in [0.5, 0.6) is 11.5 Å². The highest BCUT2D eigenvalue weighted by Crippen LogP contribution is 2.54. The number of nitrogens with zero attached hydrogens (tertiary/aromatic N) is 12. The predicted octanol–water partition coefficient (Wildman–Crippen LogP) is 21.9. The number of carbonyl (C=O) groups excluding carboxylic acids is 2. The summed E-state index contributed by atoms with van der Waals surface area (Å²) >= 11 is 3.76. The second-order valence-electron chi connectivity index (χ2n) is 28.9. The zero-order valence-electron chi connectivity index (χ0n) is 68.1. The first kappa shape index (κ1) is 84.0. The van der Waals surface area contributed by atoms with Crippen molar-refractivity contribution in [3.63, 3.8) is 0 Å². The summed E-state index contributed by atoms with van der Waals surface area (Å²) in [4.78, 5) is 58.2. The SMILES string of the molecule is C(/C=C1\SCCN1CCOc1ccccc1)=NCN=C/C=C1\SCCN1Cc1ccccc1.C=O.CC1CCCC1N=CC=C1N(c2ccccc2)c2ccc3ccccc3c2C1(C)C.CCOC(=O)c1cccc(N=CC=C2N(C)c3ccccc3N2C)c1.CN1C(=CC=Nc2ccc(N(C)c3ccccc3)cc2)Oc2ccccc21. The van der Waals surface area contributed by atoms with Gasteiger partial charge in [-0.2, -0.15) is 0 Å². The Morgan fingerprint density at radius 1 is 0.581 bits per heavy atom. The minimum Gasteiger partial charge on any atom is -0.492 e. The van der Waals surface area contributed by atoms with Gasteiger partial charge in [0, 0.05) is 125 Å². The zero-order valence-corrected chi connectivity index (χ0v) is 69.7. The van der Waals surface area contributed by atoms with Crippen LogP contribution in [0.1, 0.15) is 68.4 Å². The van der Waals surface area contributed by atoms with Crippen LogP contribution in [0.2, 0.25) is 0 Å². The molecule has 17 nitrogen and oxygen atoms in total. The quantitative estimate of drug-likeness (QED) is 0.0496. The van der Waals surface area contributed by atoms with Gasteiger partial charge in [-0.1, -0.05) is 173 Å². The molecule has 117 heavy (non-hydrogen) atoms. The van der Waals surface area contributed by atoms with Gasteiger partial charge < -0.3 is 53.3 Å². The lowest BCUT2D eigenvalue weighted by molar-refractivity contribution is -0.0980. The van der Waals surface area contributed by atoms with Gasteiger partial charge in [-0.15, -0.1) is 23.5 Å². The standard InChI is InChI=1S/C28H30N2.C26H30N4OS2.C23H21N3O.C20H21N3O2.CH2O/c1-20-10-9-15-24(20)29-19-18-26-28(2,3)27-23-14-8-7-11-21(23)16-17-25(27)30(26)22-12-5-4-6-13-22;1-3-7-23(8-4-1)21-30-17-20-33-26(30)12-14-28-22-27-13-11-25-29(16-19-32-25)15-18-31-24-9-5-2-6-10-24;1-25(19-8-4-3-5-9-19)20-14-12-18(13-15-20)24-17-16-23-26(2)21-10-6-7-11-22(21)27-23;1-4-25-20(24)15-8-7-9-16(14-15)21-13-12-19-22(2)17-10-5-6-11-18(17)23(19)3;1-2/h4-8,11-14,16-20,24H,9-10,15H2,1-3H3;1-14H,15-22H2;3-17H,1-2H3;5-14H,4H2,1-3H3;1H2/b;25-11-,26-12-,27-13?,28-14?;;;. The molecule has 0 bridgehead atoms. The highest BCUT2D eigenvalue weighted by atomic mass is 32.2. The van der Waals surface area contributed by atoms with Crippen LogP contribution >= 0.6 is 23.5 Å². The Balaban J connectivity index is 0.000000143. The number of esters is 1. The molecular formula is C98H104N12O5S2. The van der Waals surface area contributed by atoms with E-state index in [-0.39, 0.29) is 11.4 Å². The molecule has 10 aromatic carbocycles. The number of anilines is 7. The average molecular weight is 1590 g/mol. The van der Waals surface area contributed by atoms with Gasteiger partial charge in [0.2, 0.25) is 5.88 Å². The van der Waals surface area contributed by atoms with Crippen LogP contribution in [0.25, 0.3) is 10.8 Å². The molecule has 19 heteroatoms. The second kappa shape index (κ2) is 42.2. The van der Waals surface area contributed by atoms with E-state index in [4.69, 9.17) is 24.0 Å². The fourth-order valence-corrected chi connectivity index (χ4v) is 16.8. The van der Waals surface area contributed by atoms with Gasteiger partial charge in [0.1, 0.15) is 31.6 Å². The maximum Gasteiger partial charge on any atom is 0.338 e. The monoisotopic (exact) mass is 1590 g/mol. The van der Waals surface area contributed by atoms with Crippen molar-refractivity contribution < 1.29 is 23.8 Å². The Morgan fingerprint density at radius 3 is 1.85 bits per heavy atom. The maximum absolute atomic E-state index is 11.8. The molecule has 0 radical (unpaired) electrons. The molecule has 0 aromatic heterocycles. The van der Waals surface area contributed by atoms with Crippen molar-refractivity contribution in [1.82, 2.24) is 9.80 Å². The number of para-hydroxylation sites is 7. The van der Waals surface area contributed by atoms with Crippen LogP contribution in [0.4, 0.5) is 51.2 Å². The number of thioether (sulfide) groups is 2. The van der Waals surface area contributed by atoms with Crippen LogP contribution in [-0.2, 0) is 21.5 Å². The molecule has 6 aliphatic rings. The van der Waals surface area contributed by atoms with E-state index >= 15 is 0 Å². The van der Waals surface area contributed by atoms with Crippen molar-refractivity contribution in [2.24, 2.45) is 30.9 Å². The van der Waals surface area contributed by atoms with Crippen LogP contribution in [-0.4, -0.2) is 139 Å². The molecule has 1 aliphatic carbocycles. The number of hydrogen-bond donors (Lipinski definition) is 0. The molecule has 16 rings (SSSR count).